The minimum atomic E-state index is -1.55. The minimum Gasteiger partial charge on any atom is -0.480 e. The number of carbonyl (C=O) groups is 1. The van der Waals surface area contributed by atoms with Gasteiger partial charge in [-0.1, -0.05) is 17.7 Å². The Hall–Kier alpha value is -0.870. The largest absolute Gasteiger partial charge is 0.480 e. The number of carboxylic acids is 1. The summed E-state index contributed by atoms with van der Waals surface area (Å²) in [5.41, 5.74) is 0. The molecule has 2 atom stereocenters. The smallest absolute Gasteiger partial charge is 0.319 e. The van der Waals surface area contributed by atoms with E-state index in [4.69, 9.17) is 16.7 Å². The van der Waals surface area contributed by atoms with Crippen molar-refractivity contribution in [3.8, 4) is 0 Å². The van der Waals surface area contributed by atoms with Gasteiger partial charge < -0.3 is 5.11 Å². The second-order valence-electron chi connectivity index (χ2n) is 2.74. The highest BCUT2D eigenvalue weighted by Gasteiger charge is 2.20. The second kappa shape index (κ2) is 4.57. The molecule has 0 aliphatic rings. The lowest BCUT2D eigenvalue weighted by atomic mass is 10.4. The topological polar surface area (TPSA) is 54.4 Å². The van der Waals surface area contributed by atoms with Gasteiger partial charge in [-0.2, -0.15) is 0 Å². The molecule has 0 heterocycles. The summed E-state index contributed by atoms with van der Waals surface area (Å²) in [5, 5.41) is 8.19. The second-order valence-corrected chi connectivity index (χ2v) is 4.95. The number of halogens is 1. The third-order valence-corrected chi connectivity index (χ3v) is 3.49. The van der Waals surface area contributed by atoms with Gasteiger partial charge >= 0.3 is 5.97 Å². The predicted molar refractivity (Wildman–Crippen MR) is 55.0 cm³/mol. The summed E-state index contributed by atoms with van der Waals surface area (Å²) in [5.74, 6) is -1.08. The quantitative estimate of drug-likeness (QED) is 0.866. The Morgan fingerprint density at radius 1 is 1.57 bits per heavy atom. The van der Waals surface area contributed by atoms with Gasteiger partial charge in [0.25, 0.3) is 0 Å². The Morgan fingerprint density at radius 2 is 2.21 bits per heavy atom. The summed E-state index contributed by atoms with van der Waals surface area (Å²) < 4.78 is 11.6. The highest BCUT2D eigenvalue weighted by Crippen LogP contribution is 2.16. The van der Waals surface area contributed by atoms with Gasteiger partial charge in [-0.15, -0.1) is 0 Å². The number of carboxylic acid groups (broad SMARTS) is 1. The van der Waals surface area contributed by atoms with Gasteiger partial charge in [0.2, 0.25) is 0 Å². The molecule has 0 saturated heterocycles. The summed E-state index contributed by atoms with van der Waals surface area (Å²) in [6.07, 6.45) is 0. The number of benzene rings is 1. The van der Waals surface area contributed by atoms with Crippen LogP contribution in [0.3, 0.4) is 0 Å². The van der Waals surface area contributed by atoms with E-state index in [0.29, 0.717) is 9.92 Å². The lowest BCUT2D eigenvalue weighted by molar-refractivity contribution is -0.136. The van der Waals surface area contributed by atoms with Crippen LogP contribution < -0.4 is 0 Å². The van der Waals surface area contributed by atoms with Crippen molar-refractivity contribution in [3.63, 3.8) is 0 Å². The molecule has 0 amide bonds. The van der Waals surface area contributed by atoms with Crippen molar-refractivity contribution < 1.29 is 14.1 Å². The average Bonchev–Trinajstić information content (AvgIpc) is 2.15. The molecule has 0 spiro atoms. The Balaban J connectivity index is 2.95. The van der Waals surface area contributed by atoms with E-state index in [1.807, 2.05) is 0 Å². The summed E-state index contributed by atoms with van der Waals surface area (Å²) in [6.45, 7) is 1.40. The summed E-state index contributed by atoms with van der Waals surface area (Å²) >= 11 is 5.69. The van der Waals surface area contributed by atoms with Crippen LogP contribution in [0.4, 0.5) is 0 Å². The van der Waals surface area contributed by atoms with E-state index < -0.39 is 22.0 Å². The van der Waals surface area contributed by atoms with Gasteiger partial charge in [-0.25, -0.2) is 0 Å². The van der Waals surface area contributed by atoms with Crippen LogP contribution in [0.25, 0.3) is 0 Å². The van der Waals surface area contributed by atoms with Crippen molar-refractivity contribution in [2.75, 3.05) is 0 Å². The van der Waals surface area contributed by atoms with E-state index in [9.17, 15) is 9.00 Å². The number of hydrogen-bond acceptors (Lipinski definition) is 2. The Bertz CT molecular complexity index is 378. The fourth-order valence-corrected chi connectivity index (χ4v) is 2.19. The molecule has 76 valence electrons. The summed E-state index contributed by atoms with van der Waals surface area (Å²) in [6, 6.07) is 6.40. The zero-order valence-electron chi connectivity index (χ0n) is 7.44. The van der Waals surface area contributed by atoms with Crippen LogP contribution in [0.15, 0.2) is 29.2 Å². The standard InChI is InChI=1S/C9H9ClO3S/c1-6(9(11)12)14(13)8-4-2-3-7(10)5-8/h2-6H,1H3,(H,11,12). The molecule has 2 unspecified atom stereocenters. The zero-order chi connectivity index (χ0) is 10.7. The highest BCUT2D eigenvalue weighted by atomic mass is 35.5. The van der Waals surface area contributed by atoms with Crippen LogP contribution in [-0.2, 0) is 15.6 Å². The first-order valence-electron chi connectivity index (χ1n) is 3.91. The van der Waals surface area contributed by atoms with Crippen molar-refractivity contribution in [1.29, 1.82) is 0 Å². The molecule has 3 nitrogen and oxygen atoms in total. The molecule has 5 heteroatoms. The fourth-order valence-electron chi connectivity index (χ4n) is 0.888. The molecule has 0 saturated carbocycles. The molecule has 14 heavy (non-hydrogen) atoms. The van der Waals surface area contributed by atoms with Gasteiger partial charge in [0.05, 0.1) is 10.8 Å². The average molecular weight is 233 g/mol. The predicted octanol–water partition coefficient (Wildman–Crippen LogP) is 1.92. The molecule has 0 aliphatic heterocycles. The maximum Gasteiger partial charge on any atom is 0.319 e. The van der Waals surface area contributed by atoms with Crippen molar-refractivity contribution in [2.24, 2.45) is 0 Å². The van der Waals surface area contributed by atoms with Crippen molar-refractivity contribution in [1.82, 2.24) is 0 Å². The molecular weight excluding hydrogens is 224 g/mol. The first-order chi connectivity index (χ1) is 6.52. The van der Waals surface area contributed by atoms with Gasteiger partial charge in [0.1, 0.15) is 5.25 Å². The van der Waals surface area contributed by atoms with Crippen LogP contribution in [0, 0.1) is 0 Å². The first kappa shape index (κ1) is 11.2. The molecule has 1 aromatic carbocycles. The molecule has 1 aromatic rings. The van der Waals surface area contributed by atoms with Gasteiger partial charge in [0.15, 0.2) is 0 Å². The van der Waals surface area contributed by atoms with Gasteiger partial charge in [0, 0.05) is 9.92 Å². The Kier molecular flexibility index (Phi) is 3.66. The summed E-state index contributed by atoms with van der Waals surface area (Å²) in [7, 11) is -1.55. The molecule has 0 bridgehead atoms. The first-order valence-corrected chi connectivity index (χ1v) is 5.50. The van der Waals surface area contributed by atoms with Crippen molar-refractivity contribution in [3.05, 3.63) is 29.3 Å². The fraction of sp³-hybridized carbons (Fsp3) is 0.222. The Labute approximate surface area is 89.2 Å². The number of rotatable bonds is 3. The third-order valence-electron chi connectivity index (χ3n) is 1.70. The number of aliphatic carboxylic acids is 1. The van der Waals surface area contributed by atoms with E-state index >= 15 is 0 Å². The SMILES string of the molecule is CC(C(=O)O)S(=O)c1cccc(Cl)c1. The van der Waals surface area contributed by atoms with E-state index in [-0.39, 0.29) is 0 Å². The lowest BCUT2D eigenvalue weighted by Crippen LogP contribution is -2.21. The molecular formula is C9H9ClO3S. The normalized spacial score (nSPS) is 14.7. The van der Waals surface area contributed by atoms with Gasteiger partial charge in [-0.3, -0.25) is 9.00 Å². The van der Waals surface area contributed by atoms with E-state index in [1.54, 1.807) is 18.2 Å². The highest BCUT2D eigenvalue weighted by molar-refractivity contribution is 7.86. The monoisotopic (exact) mass is 232 g/mol. The van der Waals surface area contributed by atoms with E-state index in [2.05, 4.69) is 0 Å². The molecule has 0 aliphatic carbocycles. The Morgan fingerprint density at radius 3 is 2.71 bits per heavy atom. The molecule has 0 radical (unpaired) electrons. The zero-order valence-corrected chi connectivity index (χ0v) is 9.01. The minimum absolute atomic E-state index is 0.437. The van der Waals surface area contributed by atoms with Crippen LogP contribution in [0.2, 0.25) is 5.02 Å². The number of hydrogen-bond donors (Lipinski definition) is 1. The lowest BCUT2D eigenvalue weighted by Gasteiger charge is -2.06. The molecule has 0 fully saturated rings. The summed E-state index contributed by atoms with van der Waals surface area (Å²) in [4.78, 5) is 11.0. The van der Waals surface area contributed by atoms with Crippen molar-refractivity contribution in [2.45, 2.75) is 17.1 Å². The maximum atomic E-state index is 11.6. The molecule has 1 N–H and O–H groups in total. The van der Waals surface area contributed by atoms with Crippen LogP contribution in [0.1, 0.15) is 6.92 Å². The van der Waals surface area contributed by atoms with Crippen LogP contribution >= 0.6 is 11.6 Å². The van der Waals surface area contributed by atoms with E-state index in [0.717, 1.165) is 0 Å². The van der Waals surface area contributed by atoms with Crippen LogP contribution in [0.5, 0.6) is 0 Å². The maximum absolute atomic E-state index is 11.6. The third kappa shape index (κ3) is 2.56. The van der Waals surface area contributed by atoms with Crippen LogP contribution in [-0.4, -0.2) is 20.5 Å². The van der Waals surface area contributed by atoms with Gasteiger partial charge in [-0.05, 0) is 25.1 Å². The molecule has 0 aromatic heterocycles. The van der Waals surface area contributed by atoms with Crippen molar-refractivity contribution >= 4 is 28.4 Å². The molecule has 1 rings (SSSR count). The van der Waals surface area contributed by atoms with E-state index in [1.165, 1.54) is 13.0 Å².